The lowest BCUT2D eigenvalue weighted by molar-refractivity contribution is 0.266. The largest absolute Gasteiger partial charge is 0.394 e. The Morgan fingerprint density at radius 3 is 3.09 bits per heavy atom. The van der Waals surface area contributed by atoms with E-state index in [0.717, 1.165) is 5.69 Å². The van der Waals surface area contributed by atoms with Crippen molar-refractivity contribution in [2.24, 2.45) is 0 Å². The maximum absolute atomic E-state index is 8.64. The number of hydrogen-bond acceptors (Lipinski definition) is 3. The van der Waals surface area contributed by atoms with Gasteiger partial charge in [0.25, 0.3) is 0 Å². The molecule has 1 N–H and O–H groups in total. The number of nitrogens with zero attached hydrogens (tertiary/aromatic N) is 3. The molecule has 0 radical (unpaired) electrons. The number of aliphatic hydroxyl groups is 1. The molecule has 1 atom stereocenters. The van der Waals surface area contributed by atoms with E-state index in [1.54, 1.807) is 10.9 Å². The van der Waals surface area contributed by atoms with Gasteiger partial charge in [0.2, 0.25) is 0 Å². The standard InChI is InChI=1S/C6H10BrN3O/c1-5(7)6-4-8-9-10(6)2-3-11/h4-5,11H,2-3H2,1H3. The molecule has 1 aromatic heterocycles. The summed E-state index contributed by atoms with van der Waals surface area (Å²) >= 11 is 3.40. The zero-order valence-corrected chi connectivity index (χ0v) is 7.82. The monoisotopic (exact) mass is 219 g/mol. The number of aromatic nitrogens is 3. The van der Waals surface area contributed by atoms with Crippen LogP contribution in [-0.4, -0.2) is 26.7 Å². The van der Waals surface area contributed by atoms with Crippen LogP contribution in [0.3, 0.4) is 0 Å². The van der Waals surface area contributed by atoms with Crippen molar-refractivity contribution >= 4 is 15.9 Å². The Morgan fingerprint density at radius 2 is 2.55 bits per heavy atom. The van der Waals surface area contributed by atoms with Gasteiger partial charge in [-0.05, 0) is 6.92 Å². The minimum atomic E-state index is 0.0933. The molecular formula is C6H10BrN3O. The van der Waals surface area contributed by atoms with Crippen molar-refractivity contribution in [2.45, 2.75) is 18.3 Å². The maximum Gasteiger partial charge on any atom is 0.0736 e. The molecule has 5 heteroatoms. The number of alkyl halides is 1. The van der Waals surface area contributed by atoms with E-state index in [4.69, 9.17) is 5.11 Å². The Balaban J connectivity index is 2.78. The second kappa shape index (κ2) is 3.82. The molecule has 0 fully saturated rings. The third-order valence-electron chi connectivity index (χ3n) is 1.37. The third kappa shape index (κ3) is 2.00. The molecule has 0 aliphatic rings. The highest BCUT2D eigenvalue weighted by molar-refractivity contribution is 9.09. The van der Waals surface area contributed by atoms with E-state index in [1.807, 2.05) is 6.92 Å². The van der Waals surface area contributed by atoms with Crippen LogP contribution in [0.25, 0.3) is 0 Å². The number of aliphatic hydroxyl groups excluding tert-OH is 1. The minimum Gasteiger partial charge on any atom is -0.394 e. The average Bonchev–Trinajstić information content (AvgIpc) is 2.36. The molecule has 0 aromatic carbocycles. The fraction of sp³-hybridized carbons (Fsp3) is 0.667. The third-order valence-corrected chi connectivity index (χ3v) is 1.84. The first-order valence-corrected chi connectivity index (χ1v) is 4.30. The molecule has 0 bridgehead atoms. The lowest BCUT2D eigenvalue weighted by Gasteiger charge is -2.04. The molecule has 0 saturated heterocycles. The molecule has 1 heterocycles. The summed E-state index contributed by atoms with van der Waals surface area (Å²) in [5.41, 5.74) is 0.985. The van der Waals surface area contributed by atoms with Gasteiger partial charge >= 0.3 is 0 Å². The van der Waals surface area contributed by atoms with Crippen molar-refractivity contribution in [2.75, 3.05) is 6.61 Å². The van der Waals surface area contributed by atoms with Gasteiger partial charge in [0.15, 0.2) is 0 Å². The Kier molecular flexibility index (Phi) is 3.02. The van der Waals surface area contributed by atoms with Crippen LogP contribution in [0.4, 0.5) is 0 Å². The zero-order chi connectivity index (χ0) is 8.27. The number of halogens is 1. The van der Waals surface area contributed by atoms with Crippen molar-refractivity contribution in [1.82, 2.24) is 15.0 Å². The fourth-order valence-corrected chi connectivity index (χ4v) is 1.20. The Bertz CT molecular complexity index is 223. The van der Waals surface area contributed by atoms with Gasteiger partial charge in [0.05, 0.1) is 29.9 Å². The van der Waals surface area contributed by atoms with Gasteiger partial charge in [-0.3, -0.25) is 0 Å². The Hall–Kier alpha value is -0.420. The Morgan fingerprint density at radius 1 is 1.82 bits per heavy atom. The van der Waals surface area contributed by atoms with E-state index in [1.165, 1.54) is 0 Å². The first kappa shape index (κ1) is 8.67. The van der Waals surface area contributed by atoms with Crippen LogP contribution in [0.2, 0.25) is 0 Å². The predicted octanol–water partition coefficient (Wildman–Crippen LogP) is 0.726. The summed E-state index contributed by atoms with van der Waals surface area (Å²) in [5.74, 6) is 0. The van der Waals surface area contributed by atoms with Crippen molar-refractivity contribution in [3.8, 4) is 0 Å². The first-order chi connectivity index (χ1) is 5.25. The molecular weight excluding hydrogens is 210 g/mol. The summed E-state index contributed by atoms with van der Waals surface area (Å²) < 4.78 is 1.68. The van der Waals surface area contributed by atoms with Crippen LogP contribution in [0, 0.1) is 0 Å². The van der Waals surface area contributed by atoms with Gasteiger partial charge in [0, 0.05) is 0 Å². The van der Waals surface area contributed by atoms with Gasteiger partial charge in [-0.1, -0.05) is 21.1 Å². The summed E-state index contributed by atoms with van der Waals surface area (Å²) in [4.78, 5) is 0.226. The van der Waals surface area contributed by atoms with E-state index in [9.17, 15) is 0 Å². The number of rotatable bonds is 3. The summed E-state index contributed by atoms with van der Waals surface area (Å²) in [5, 5.41) is 16.2. The highest BCUT2D eigenvalue weighted by atomic mass is 79.9. The molecule has 1 unspecified atom stereocenters. The molecule has 4 nitrogen and oxygen atoms in total. The second-order valence-corrected chi connectivity index (χ2v) is 3.60. The van der Waals surface area contributed by atoms with Crippen LogP contribution in [0.15, 0.2) is 6.20 Å². The normalized spacial score (nSPS) is 13.4. The van der Waals surface area contributed by atoms with E-state index in [-0.39, 0.29) is 11.4 Å². The van der Waals surface area contributed by atoms with E-state index in [2.05, 4.69) is 26.2 Å². The predicted molar refractivity (Wildman–Crippen MR) is 44.4 cm³/mol. The summed E-state index contributed by atoms with van der Waals surface area (Å²) in [7, 11) is 0. The molecule has 1 rings (SSSR count). The topological polar surface area (TPSA) is 50.9 Å². The minimum absolute atomic E-state index is 0.0933. The molecule has 0 aliphatic carbocycles. The van der Waals surface area contributed by atoms with Gasteiger partial charge in [0.1, 0.15) is 0 Å². The van der Waals surface area contributed by atoms with E-state index in [0.29, 0.717) is 6.54 Å². The van der Waals surface area contributed by atoms with Crippen LogP contribution in [-0.2, 0) is 6.54 Å². The van der Waals surface area contributed by atoms with Gasteiger partial charge in [-0.2, -0.15) is 0 Å². The summed E-state index contributed by atoms with van der Waals surface area (Å²) in [6.45, 7) is 2.59. The second-order valence-electron chi connectivity index (χ2n) is 2.22. The Labute approximate surface area is 73.3 Å². The lowest BCUT2D eigenvalue weighted by Crippen LogP contribution is -2.08. The quantitative estimate of drug-likeness (QED) is 0.764. The van der Waals surface area contributed by atoms with Crippen molar-refractivity contribution in [1.29, 1.82) is 0 Å². The highest BCUT2D eigenvalue weighted by Crippen LogP contribution is 2.19. The van der Waals surface area contributed by atoms with Crippen LogP contribution in [0.1, 0.15) is 17.4 Å². The van der Waals surface area contributed by atoms with Gasteiger partial charge in [-0.25, -0.2) is 4.68 Å². The van der Waals surface area contributed by atoms with Gasteiger partial charge < -0.3 is 5.11 Å². The van der Waals surface area contributed by atoms with Crippen LogP contribution < -0.4 is 0 Å². The van der Waals surface area contributed by atoms with E-state index < -0.39 is 0 Å². The first-order valence-electron chi connectivity index (χ1n) is 3.39. The zero-order valence-electron chi connectivity index (χ0n) is 6.24. The molecule has 0 aliphatic heterocycles. The van der Waals surface area contributed by atoms with Crippen molar-refractivity contribution < 1.29 is 5.11 Å². The number of hydrogen-bond donors (Lipinski definition) is 1. The van der Waals surface area contributed by atoms with Crippen LogP contribution in [0.5, 0.6) is 0 Å². The van der Waals surface area contributed by atoms with Crippen LogP contribution >= 0.6 is 15.9 Å². The molecule has 0 spiro atoms. The SMILES string of the molecule is CC(Br)c1cnnn1CCO. The van der Waals surface area contributed by atoms with Crippen molar-refractivity contribution in [3.63, 3.8) is 0 Å². The van der Waals surface area contributed by atoms with Crippen molar-refractivity contribution in [3.05, 3.63) is 11.9 Å². The highest BCUT2D eigenvalue weighted by Gasteiger charge is 2.07. The maximum atomic E-state index is 8.64. The molecule has 62 valence electrons. The van der Waals surface area contributed by atoms with Gasteiger partial charge in [-0.15, -0.1) is 5.10 Å². The average molecular weight is 220 g/mol. The lowest BCUT2D eigenvalue weighted by atomic mass is 10.3. The molecule has 11 heavy (non-hydrogen) atoms. The summed E-state index contributed by atoms with van der Waals surface area (Å²) in [6.07, 6.45) is 1.69. The fourth-order valence-electron chi connectivity index (χ4n) is 0.842. The van der Waals surface area contributed by atoms with E-state index >= 15 is 0 Å². The smallest absolute Gasteiger partial charge is 0.0736 e. The molecule has 0 amide bonds. The summed E-state index contributed by atoms with van der Waals surface area (Å²) in [6, 6.07) is 0. The molecule has 0 saturated carbocycles. The molecule has 1 aromatic rings.